The normalized spacial score (nSPS) is 11.2. The minimum absolute atomic E-state index is 0.326. The van der Waals surface area contributed by atoms with Crippen molar-refractivity contribution in [2.45, 2.75) is 0 Å². The fourth-order valence-electron chi connectivity index (χ4n) is 1.05. The lowest BCUT2D eigenvalue weighted by molar-refractivity contribution is 0.379. The van der Waals surface area contributed by atoms with E-state index in [-0.39, 0.29) is 0 Å². The standard InChI is InChI=1S/C12H15Cl2N3OS/c1-16(2)11(18-12(19)17(3)4)15-8-5-6-9(13)10(14)7-8/h5-7H,1-4H3. The molecule has 0 aliphatic carbocycles. The first-order valence-corrected chi connectivity index (χ1v) is 6.58. The maximum atomic E-state index is 5.94. The van der Waals surface area contributed by atoms with E-state index in [0.29, 0.717) is 26.9 Å². The van der Waals surface area contributed by atoms with Crippen molar-refractivity contribution in [3.8, 4) is 0 Å². The van der Waals surface area contributed by atoms with E-state index in [2.05, 4.69) is 4.99 Å². The number of benzene rings is 1. The highest BCUT2D eigenvalue weighted by Gasteiger charge is 2.10. The van der Waals surface area contributed by atoms with Crippen molar-refractivity contribution < 1.29 is 4.74 Å². The Morgan fingerprint density at radius 1 is 1.11 bits per heavy atom. The van der Waals surface area contributed by atoms with Gasteiger partial charge in [0.05, 0.1) is 15.7 Å². The van der Waals surface area contributed by atoms with Gasteiger partial charge in [-0.1, -0.05) is 23.2 Å². The molecule has 1 aromatic carbocycles. The maximum absolute atomic E-state index is 5.94. The number of thiocarbonyl (C=S) groups is 1. The van der Waals surface area contributed by atoms with Crippen LogP contribution >= 0.6 is 35.4 Å². The predicted octanol–water partition coefficient (Wildman–Crippen LogP) is 3.41. The third-order valence-corrected chi connectivity index (χ3v) is 3.24. The fourth-order valence-corrected chi connectivity index (χ4v) is 1.42. The first-order valence-electron chi connectivity index (χ1n) is 5.41. The Hall–Kier alpha value is -1.04. The summed E-state index contributed by atoms with van der Waals surface area (Å²) in [5.74, 6) is 0. The Balaban J connectivity index is 3.01. The van der Waals surface area contributed by atoms with Crippen LogP contribution in [0.3, 0.4) is 0 Å². The van der Waals surface area contributed by atoms with Crippen LogP contribution in [0.15, 0.2) is 23.2 Å². The van der Waals surface area contributed by atoms with Gasteiger partial charge in [-0.15, -0.1) is 0 Å². The van der Waals surface area contributed by atoms with Crippen LogP contribution in [0.4, 0.5) is 5.69 Å². The minimum Gasteiger partial charge on any atom is -0.398 e. The van der Waals surface area contributed by atoms with E-state index in [1.54, 1.807) is 42.1 Å². The lowest BCUT2D eigenvalue weighted by atomic mass is 10.3. The molecule has 0 amide bonds. The Morgan fingerprint density at radius 3 is 2.21 bits per heavy atom. The Morgan fingerprint density at radius 2 is 1.74 bits per heavy atom. The summed E-state index contributed by atoms with van der Waals surface area (Å²) in [4.78, 5) is 7.75. The molecule has 0 fully saturated rings. The molecule has 104 valence electrons. The smallest absolute Gasteiger partial charge is 0.299 e. The highest BCUT2D eigenvalue weighted by Crippen LogP contribution is 2.26. The summed E-state index contributed by atoms with van der Waals surface area (Å²) in [5.41, 5.74) is 0.639. The lowest BCUT2D eigenvalue weighted by Gasteiger charge is -2.19. The Kier molecular flexibility index (Phi) is 5.85. The monoisotopic (exact) mass is 319 g/mol. The largest absolute Gasteiger partial charge is 0.398 e. The predicted molar refractivity (Wildman–Crippen MR) is 84.6 cm³/mol. The molecule has 4 nitrogen and oxygen atoms in total. The summed E-state index contributed by atoms with van der Waals surface area (Å²) in [6.45, 7) is 0. The van der Waals surface area contributed by atoms with Crippen LogP contribution < -0.4 is 0 Å². The number of amidine groups is 1. The van der Waals surface area contributed by atoms with E-state index in [1.807, 2.05) is 14.1 Å². The average molecular weight is 320 g/mol. The van der Waals surface area contributed by atoms with Crippen molar-refractivity contribution in [2.24, 2.45) is 4.99 Å². The Bertz CT molecular complexity index is 504. The Labute approximate surface area is 128 Å². The highest BCUT2D eigenvalue weighted by atomic mass is 35.5. The molecule has 0 aliphatic heterocycles. The van der Waals surface area contributed by atoms with Gasteiger partial charge in [-0.3, -0.25) is 0 Å². The van der Waals surface area contributed by atoms with E-state index >= 15 is 0 Å². The van der Waals surface area contributed by atoms with Crippen LogP contribution in [-0.4, -0.2) is 49.2 Å². The van der Waals surface area contributed by atoms with Gasteiger partial charge in [0.1, 0.15) is 0 Å². The van der Waals surface area contributed by atoms with Gasteiger partial charge in [0, 0.05) is 28.2 Å². The molecule has 0 unspecified atom stereocenters. The lowest BCUT2D eigenvalue weighted by Crippen LogP contribution is -2.32. The van der Waals surface area contributed by atoms with Crippen molar-refractivity contribution in [3.05, 3.63) is 28.2 Å². The van der Waals surface area contributed by atoms with Crippen molar-refractivity contribution in [3.63, 3.8) is 0 Å². The number of hydrogen-bond acceptors (Lipinski definition) is 3. The van der Waals surface area contributed by atoms with Gasteiger partial charge >= 0.3 is 0 Å². The van der Waals surface area contributed by atoms with Gasteiger partial charge in [-0.25, -0.2) is 0 Å². The molecule has 0 aromatic heterocycles. The number of aliphatic imine (C=N–C) groups is 1. The minimum atomic E-state index is 0.326. The summed E-state index contributed by atoms with van der Waals surface area (Å²) >= 11 is 16.9. The number of rotatable bonds is 1. The van der Waals surface area contributed by atoms with E-state index in [0.717, 1.165) is 0 Å². The molecule has 0 heterocycles. The highest BCUT2D eigenvalue weighted by molar-refractivity contribution is 7.80. The van der Waals surface area contributed by atoms with Gasteiger partial charge < -0.3 is 14.5 Å². The molecule has 0 aliphatic rings. The second kappa shape index (κ2) is 6.93. The van der Waals surface area contributed by atoms with Crippen LogP contribution in [0.5, 0.6) is 0 Å². The molecule has 19 heavy (non-hydrogen) atoms. The summed E-state index contributed by atoms with van der Waals surface area (Å²) in [7, 11) is 7.23. The van der Waals surface area contributed by atoms with Crippen molar-refractivity contribution in [2.75, 3.05) is 28.2 Å². The van der Waals surface area contributed by atoms with Crippen LogP contribution in [0.25, 0.3) is 0 Å². The molecule has 0 atom stereocenters. The van der Waals surface area contributed by atoms with Gasteiger partial charge in [0.2, 0.25) is 0 Å². The van der Waals surface area contributed by atoms with Crippen molar-refractivity contribution in [1.29, 1.82) is 0 Å². The van der Waals surface area contributed by atoms with Crippen LogP contribution in [0.1, 0.15) is 0 Å². The molecular weight excluding hydrogens is 305 g/mol. The zero-order valence-electron chi connectivity index (χ0n) is 11.1. The first kappa shape index (κ1) is 16.0. The van der Waals surface area contributed by atoms with E-state index < -0.39 is 0 Å². The zero-order valence-corrected chi connectivity index (χ0v) is 13.5. The van der Waals surface area contributed by atoms with Gasteiger partial charge in [-0.05, 0) is 30.4 Å². The third-order valence-electron chi connectivity index (χ3n) is 2.05. The van der Waals surface area contributed by atoms with Crippen molar-refractivity contribution >= 4 is 52.3 Å². The summed E-state index contributed by atoms with van der Waals surface area (Å²) in [5, 5.41) is 1.25. The zero-order chi connectivity index (χ0) is 14.6. The number of hydrogen-bond donors (Lipinski definition) is 0. The van der Waals surface area contributed by atoms with E-state index in [4.69, 9.17) is 40.2 Å². The van der Waals surface area contributed by atoms with Gasteiger partial charge in [0.25, 0.3) is 11.2 Å². The quantitative estimate of drug-likeness (QED) is 0.450. The van der Waals surface area contributed by atoms with Crippen molar-refractivity contribution in [1.82, 2.24) is 9.80 Å². The molecule has 1 rings (SSSR count). The first-order chi connectivity index (χ1) is 8.81. The van der Waals surface area contributed by atoms with Crippen LogP contribution in [-0.2, 0) is 4.74 Å². The number of ether oxygens (including phenoxy) is 1. The fraction of sp³-hybridized carbons (Fsp3) is 0.333. The third kappa shape index (κ3) is 4.86. The number of nitrogens with zero attached hydrogens (tertiary/aromatic N) is 3. The maximum Gasteiger partial charge on any atom is 0.299 e. The molecule has 0 bridgehead atoms. The van der Waals surface area contributed by atoms with Crippen LogP contribution in [0.2, 0.25) is 10.0 Å². The second-order valence-electron chi connectivity index (χ2n) is 4.15. The molecule has 0 N–H and O–H groups in total. The molecule has 1 aromatic rings. The second-order valence-corrected chi connectivity index (χ2v) is 5.31. The van der Waals surface area contributed by atoms with E-state index in [1.165, 1.54) is 0 Å². The molecule has 0 saturated heterocycles. The van der Waals surface area contributed by atoms with E-state index in [9.17, 15) is 0 Å². The summed E-state index contributed by atoms with van der Waals surface area (Å²) in [6.07, 6.45) is 0. The number of halogens is 2. The molecule has 7 heteroatoms. The SMILES string of the molecule is CN(C)C(=S)OC(=Nc1ccc(Cl)c(Cl)c1)N(C)C. The van der Waals surface area contributed by atoms with Gasteiger partial charge in [0.15, 0.2) is 0 Å². The molecule has 0 radical (unpaired) electrons. The topological polar surface area (TPSA) is 28.1 Å². The van der Waals surface area contributed by atoms with Gasteiger partial charge in [-0.2, -0.15) is 4.99 Å². The molecule has 0 spiro atoms. The summed E-state index contributed by atoms with van der Waals surface area (Å²) in [6, 6.07) is 5.47. The summed E-state index contributed by atoms with van der Waals surface area (Å²) < 4.78 is 5.50. The molecule has 0 saturated carbocycles. The average Bonchev–Trinajstić information content (AvgIpc) is 2.32. The van der Waals surface area contributed by atoms with Crippen LogP contribution in [0, 0.1) is 0 Å². The molecular formula is C12H15Cl2N3OS.